The van der Waals surface area contributed by atoms with Gasteiger partial charge in [0.1, 0.15) is 12.4 Å². The van der Waals surface area contributed by atoms with Crippen LogP contribution in [0.3, 0.4) is 0 Å². The predicted molar refractivity (Wildman–Crippen MR) is 111 cm³/mol. The molecule has 3 rings (SSSR count). The molecule has 4 nitrogen and oxygen atoms in total. The van der Waals surface area contributed by atoms with Gasteiger partial charge < -0.3 is 4.90 Å². The fourth-order valence-corrected chi connectivity index (χ4v) is 3.52. The first kappa shape index (κ1) is 22.3. The summed E-state index contributed by atoms with van der Waals surface area (Å²) in [4.78, 5) is 20.2. The first-order chi connectivity index (χ1) is 13.1. The second-order valence-electron chi connectivity index (χ2n) is 7.02. The number of halogens is 2. The Morgan fingerprint density at radius 3 is 2.39 bits per heavy atom. The lowest BCUT2D eigenvalue weighted by Crippen LogP contribution is -2.47. The smallest absolute Gasteiger partial charge is 0.243 e. The van der Waals surface area contributed by atoms with Gasteiger partial charge in [-0.25, -0.2) is 9.45 Å². The molecule has 6 heteroatoms. The number of piperidine rings is 1. The second kappa shape index (κ2) is 11.1. The summed E-state index contributed by atoms with van der Waals surface area (Å²) in [5, 5.41) is 1.45. The quantitative estimate of drug-likeness (QED) is 0.645. The summed E-state index contributed by atoms with van der Waals surface area (Å²) < 4.78 is 13.8. The lowest BCUT2D eigenvalue weighted by molar-refractivity contribution is -0.208. The third-order valence-electron chi connectivity index (χ3n) is 5.08. The van der Waals surface area contributed by atoms with Crippen molar-refractivity contribution in [3.8, 4) is 0 Å². The van der Waals surface area contributed by atoms with Crippen molar-refractivity contribution in [2.24, 2.45) is 0 Å². The molecule has 2 aromatic rings. The molecular formula is C22H28ClFN2O2. The third kappa shape index (κ3) is 6.30. The zero-order valence-corrected chi connectivity index (χ0v) is 17.0. The molecule has 28 heavy (non-hydrogen) atoms. The van der Waals surface area contributed by atoms with Crippen LogP contribution >= 0.6 is 12.4 Å². The highest BCUT2D eigenvalue weighted by atomic mass is 35.5. The molecule has 0 bridgehead atoms. The average molecular weight is 407 g/mol. The van der Waals surface area contributed by atoms with E-state index in [1.165, 1.54) is 23.6 Å². The molecule has 0 saturated carbocycles. The number of likely N-dealkylation sites (tertiary alicyclic amines) is 1. The van der Waals surface area contributed by atoms with Crippen LogP contribution in [0, 0.1) is 5.82 Å². The van der Waals surface area contributed by atoms with E-state index < -0.39 is 0 Å². The van der Waals surface area contributed by atoms with E-state index in [1.807, 2.05) is 6.07 Å². The number of hydrogen-bond donors (Lipinski definition) is 0. The molecule has 0 radical (unpaired) electrons. The van der Waals surface area contributed by atoms with Crippen LogP contribution < -0.4 is 0 Å². The van der Waals surface area contributed by atoms with E-state index in [9.17, 15) is 9.18 Å². The minimum absolute atomic E-state index is 0. The first-order valence-corrected chi connectivity index (χ1v) is 9.56. The van der Waals surface area contributed by atoms with Crippen LogP contribution in [-0.4, -0.2) is 41.5 Å². The number of amides is 1. The van der Waals surface area contributed by atoms with Gasteiger partial charge >= 0.3 is 0 Å². The van der Waals surface area contributed by atoms with E-state index in [4.69, 9.17) is 4.84 Å². The van der Waals surface area contributed by atoms with Gasteiger partial charge in [0.2, 0.25) is 5.91 Å². The summed E-state index contributed by atoms with van der Waals surface area (Å²) in [6, 6.07) is 17.0. The van der Waals surface area contributed by atoms with Gasteiger partial charge in [-0.05, 0) is 30.9 Å². The molecule has 0 aliphatic carbocycles. The van der Waals surface area contributed by atoms with Crippen molar-refractivity contribution in [1.82, 2.24) is 9.96 Å². The second-order valence-corrected chi connectivity index (χ2v) is 7.02. The zero-order valence-electron chi connectivity index (χ0n) is 16.2. The van der Waals surface area contributed by atoms with Crippen molar-refractivity contribution in [1.29, 1.82) is 0 Å². The normalized spacial score (nSPS) is 15.1. The lowest BCUT2D eigenvalue weighted by atomic mass is 10.0. The maximum absolute atomic E-state index is 13.8. The van der Waals surface area contributed by atoms with E-state index in [-0.39, 0.29) is 36.8 Å². The molecule has 1 fully saturated rings. The molecule has 0 atom stereocenters. The maximum Gasteiger partial charge on any atom is 0.243 e. The summed E-state index contributed by atoms with van der Waals surface area (Å²) in [5.74, 6) is -0.439. The van der Waals surface area contributed by atoms with Gasteiger partial charge in [-0.15, -0.1) is 12.4 Å². The van der Waals surface area contributed by atoms with Crippen LogP contribution in [0.2, 0.25) is 0 Å². The van der Waals surface area contributed by atoms with Crippen molar-refractivity contribution in [2.75, 3.05) is 19.6 Å². The molecule has 152 valence electrons. The van der Waals surface area contributed by atoms with E-state index in [2.05, 4.69) is 29.2 Å². The maximum atomic E-state index is 13.8. The molecule has 0 unspecified atom stereocenters. The van der Waals surface area contributed by atoms with E-state index in [1.54, 1.807) is 18.2 Å². The molecular weight excluding hydrogens is 379 g/mol. The van der Waals surface area contributed by atoms with E-state index in [0.717, 1.165) is 38.9 Å². The Hall–Kier alpha value is -1.95. The first-order valence-electron chi connectivity index (χ1n) is 9.56. The van der Waals surface area contributed by atoms with Crippen LogP contribution in [0.5, 0.6) is 0 Å². The number of benzene rings is 2. The summed E-state index contributed by atoms with van der Waals surface area (Å²) >= 11 is 0. The molecule has 1 amide bonds. The van der Waals surface area contributed by atoms with Gasteiger partial charge in [0.15, 0.2) is 0 Å². The van der Waals surface area contributed by atoms with Crippen molar-refractivity contribution >= 4 is 18.3 Å². The zero-order chi connectivity index (χ0) is 19.1. The number of hydroxylamine groups is 2. The Balaban J connectivity index is 0.00000280. The Bertz CT molecular complexity index is 736. The molecule has 0 N–H and O–H groups in total. The summed E-state index contributed by atoms with van der Waals surface area (Å²) in [6.45, 7) is 4.46. The van der Waals surface area contributed by atoms with Crippen LogP contribution in [0.4, 0.5) is 4.39 Å². The number of nitrogens with zero attached hydrogens (tertiary/aromatic N) is 2. The van der Waals surface area contributed by atoms with Crippen molar-refractivity contribution < 1.29 is 14.0 Å². The van der Waals surface area contributed by atoms with Gasteiger partial charge in [-0.2, -0.15) is 0 Å². The SMILES string of the molecule is CC(=O)N(OCc1ccccc1F)C1CCN(CCc2ccccc2)CC1.Cl. The molecule has 1 aliphatic rings. The molecule has 0 spiro atoms. The molecule has 2 aromatic carbocycles. The van der Waals surface area contributed by atoms with Gasteiger partial charge in [0, 0.05) is 32.1 Å². The molecule has 1 aliphatic heterocycles. The van der Waals surface area contributed by atoms with Gasteiger partial charge in [0.05, 0.1) is 6.04 Å². The lowest BCUT2D eigenvalue weighted by Gasteiger charge is -2.37. The van der Waals surface area contributed by atoms with Crippen molar-refractivity contribution in [3.63, 3.8) is 0 Å². The highest BCUT2D eigenvalue weighted by molar-refractivity contribution is 5.85. The van der Waals surface area contributed by atoms with Crippen molar-refractivity contribution in [2.45, 2.75) is 38.8 Å². The average Bonchev–Trinajstić information content (AvgIpc) is 2.69. The predicted octanol–water partition coefficient (Wildman–Crippen LogP) is 4.23. The summed E-state index contributed by atoms with van der Waals surface area (Å²) in [6.07, 6.45) is 2.77. The summed E-state index contributed by atoms with van der Waals surface area (Å²) in [5.41, 5.74) is 1.81. The minimum Gasteiger partial charge on any atom is -0.303 e. The highest BCUT2D eigenvalue weighted by Gasteiger charge is 2.27. The number of hydrogen-bond acceptors (Lipinski definition) is 3. The Labute approximate surface area is 172 Å². The van der Waals surface area contributed by atoms with Crippen LogP contribution in [0.25, 0.3) is 0 Å². The molecule has 0 aromatic heterocycles. The fraction of sp³-hybridized carbons (Fsp3) is 0.409. The number of carbonyl (C=O) groups excluding carboxylic acids is 1. The van der Waals surface area contributed by atoms with E-state index in [0.29, 0.717) is 5.56 Å². The number of rotatable bonds is 7. The van der Waals surface area contributed by atoms with Crippen LogP contribution in [0.15, 0.2) is 54.6 Å². The highest BCUT2D eigenvalue weighted by Crippen LogP contribution is 2.19. The van der Waals surface area contributed by atoms with Gasteiger partial charge in [-0.3, -0.25) is 9.63 Å². The Morgan fingerprint density at radius 2 is 1.75 bits per heavy atom. The largest absolute Gasteiger partial charge is 0.303 e. The third-order valence-corrected chi connectivity index (χ3v) is 5.08. The molecule has 1 saturated heterocycles. The van der Waals surface area contributed by atoms with Crippen LogP contribution in [-0.2, 0) is 22.7 Å². The molecule has 1 heterocycles. The fourth-order valence-electron chi connectivity index (χ4n) is 3.52. The standard InChI is InChI=1S/C22H27FN2O2.ClH/c1-18(26)25(27-17-20-9-5-6-10-22(20)23)21-12-15-24(16-13-21)14-11-19-7-3-2-4-8-19;/h2-10,21H,11-17H2,1H3;1H. The summed E-state index contributed by atoms with van der Waals surface area (Å²) in [7, 11) is 0. The van der Waals surface area contributed by atoms with Crippen LogP contribution in [0.1, 0.15) is 30.9 Å². The minimum atomic E-state index is -0.309. The van der Waals surface area contributed by atoms with Crippen molar-refractivity contribution in [3.05, 3.63) is 71.5 Å². The Kier molecular flexibility index (Phi) is 8.90. The number of carbonyl (C=O) groups is 1. The van der Waals surface area contributed by atoms with Gasteiger partial charge in [0.25, 0.3) is 0 Å². The Morgan fingerprint density at radius 1 is 1.11 bits per heavy atom. The van der Waals surface area contributed by atoms with E-state index >= 15 is 0 Å². The topological polar surface area (TPSA) is 32.8 Å². The monoisotopic (exact) mass is 406 g/mol. The van der Waals surface area contributed by atoms with Gasteiger partial charge in [-0.1, -0.05) is 48.5 Å².